The highest BCUT2D eigenvalue weighted by atomic mass is 16.4. The average Bonchev–Trinajstić information content (AvgIpc) is 3.09. The summed E-state index contributed by atoms with van der Waals surface area (Å²) in [5.74, 6) is -0.180. The predicted octanol–water partition coefficient (Wildman–Crippen LogP) is 5.24. The lowest BCUT2D eigenvalue weighted by atomic mass is 9.99. The molecule has 0 amide bonds. The number of carboxylic acids is 1. The van der Waals surface area contributed by atoms with Crippen molar-refractivity contribution in [3.63, 3.8) is 0 Å². The normalized spacial score (nSPS) is 19.6. The van der Waals surface area contributed by atoms with Gasteiger partial charge in [0.05, 0.1) is 24.4 Å². The molecule has 2 unspecified atom stereocenters. The summed E-state index contributed by atoms with van der Waals surface area (Å²) in [7, 11) is 0. The average molecular weight is 411 g/mol. The minimum Gasteiger partial charge on any atom is -0.481 e. The Hall–Kier alpha value is -2.63. The van der Waals surface area contributed by atoms with Crippen LogP contribution in [-0.2, 0) is 11.2 Å². The van der Waals surface area contributed by atoms with Crippen LogP contribution in [0, 0.1) is 5.92 Å². The van der Waals surface area contributed by atoms with Gasteiger partial charge >= 0.3 is 5.97 Å². The molecule has 0 saturated carbocycles. The molecule has 1 aromatic carbocycles. The lowest BCUT2D eigenvalue weighted by Gasteiger charge is -2.29. The number of benzene rings is 1. The van der Waals surface area contributed by atoms with Crippen molar-refractivity contribution < 1.29 is 9.90 Å². The number of hydrogen-bond acceptors (Lipinski definition) is 4. The van der Waals surface area contributed by atoms with Gasteiger partial charge in [0.2, 0.25) is 0 Å². The van der Waals surface area contributed by atoms with Crippen molar-refractivity contribution in [1.82, 2.24) is 15.0 Å². The van der Waals surface area contributed by atoms with Gasteiger partial charge < -0.3 is 10.0 Å². The SMILES string of the molecule is CCCCC(C)Cc1cnnn1C1CCC/C(=C\CC(=O)O)N(c2ccccc2)C1. The number of allylic oxidation sites excluding steroid dienone is 1. The maximum atomic E-state index is 11.2. The highest BCUT2D eigenvalue weighted by Gasteiger charge is 2.26. The van der Waals surface area contributed by atoms with Crippen LogP contribution in [0.5, 0.6) is 0 Å². The Labute approximate surface area is 179 Å². The zero-order valence-corrected chi connectivity index (χ0v) is 18.2. The van der Waals surface area contributed by atoms with Crippen molar-refractivity contribution in [1.29, 1.82) is 0 Å². The molecule has 1 aliphatic rings. The second-order valence-corrected chi connectivity index (χ2v) is 8.41. The van der Waals surface area contributed by atoms with Crippen molar-refractivity contribution >= 4 is 11.7 Å². The van der Waals surface area contributed by atoms with Crippen LogP contribution in [0.15, 0.2) is 48.3 Å². The Morgan fingerprint density at radius 1 is 1.33 bits per heavy atom. The third-order valence-corrected chi connectivity index (χ3v) is 5.89. The van der Waals surface area contributed by atoms with Crippen LogP contribution in [0.25, 0.3) is 0 Å². The minimum atomic E-state index is -0.795. The first kappa shape index (κ1) is 22.1. The largest absolute Gasteiger partial charge is 0.481 e. The summed E-state index contributed by atoms with van der Waals surface area (Å²) in [6, 6.07) is 10.5. The van der Waals surface area contributed by atoms with Crippen LogP contribution in [0.1, 0.15) is 70.5 Å². The first-order chi connectivity index (χ1) is 14.6. The quantitative estimate of drug-likeness (QED) is 0.612. The molecular formula is C24H34N4O2. The number of aromatic nitrogens is 3. The maximum Gasteiger partial charge on any atom is 0.307 e. The smallest absolute Gasteiger partial charge is 0.307 e. The summed E-state index contributed by atoms with van der Waals surface area (Å²) >= 11 is 0. The summed E-state index contributed by atoms with van der Waals surface area (Å²) in [5, 5.41) is 17.9. The van der Waals surface area contributed by atoms with E-state index in [1.165, 1.54) is 25.0 Å². The zero-order chi connectivity index (χ0) is 21.3. The summed E-state index contributed by atoms with van der Waals surface area (Å²) in [6.45, 7) is 5.32. The second-order valence-electron chi connectivity index (χ2n) is 8.41. The van der Waals surface area contributed by atoms with Crippen LogP contribution in [0.3, 0.4) is 0 Å². The Morgan fingerprint density at radius 2 is 2.13 bits per heavy atom. The molecule has 1 aromatic heterocycles. The lowest BCUT2D eigenvalue weighted by molar-refractivity contribution is -0.136. The fourth-order valence-corrected chi connectivity index (χ4v) is 4.30. The molecule has 30 heavy (non-hydrogen) atoms. The van der Waals surface area contributed by atoms with Gasteiger partial charge in [0.25, 0.3) is 0 Å². The number of para-hydroxylation sites is 1. The van der Waals surface area contributed by atoms with Crippen molar-refractivity contribution in [2.24, 2.45) is 5.92 Å². The molecule has 6 heteroatoms. The van der Waals surface area contributed by atoms with Crippen LogP contribution in [0.2, 0.25) is 0 Å². The predicted molar refractivity (Wildman–Crippen MR) is 119 cm³/mol. The number of rotatable bonds is 9. The number of aliphatic carboxylic acids is 1. The van der Waals surface area contributed by atoms with E-state index >= 15 is 0 Å². The van der Waals surface area contributed by atoms with Gasteiger partial charge in [0.1, 0.15) is 0 Å². The Kier molecular flexibility index (Phi) is 8.05. The monoisotopic (exact) mass is 410 g/mol. The summed E-state index contributed by atoms with van der Waals surface area (Å²) in [5.41, 5.74) is 3.39. The fraction of sp³-hybridized carbons (Fsp3) is 0.542. The van der Waals surface area contributed by atoms with Crippen LogP contribution >= 0.6 is 0 Å². The van der Waals surface area contributed by atoms with E-state index in [4.69, 9.17) is 5.11 Å². The van der Waals surface area contributed by atoms with E-state index < -0.39 is 5.97 Å². The zero-order valence-electron chi connectivity index (χ0n) is 18.2. The Balaban J connectivity index is 1.83. The van der Waals surface area contributed by atoms with Gasteiger partial charge in [-0.15, -0.1) is 5.10 Å². The van der Waals surface area contributed by atoms with Crippen molar-refractivity contribution in [3.8, 4) is 0 Å². The van der Waals surface area contributed by atoms with Gasteiger partial charge in [-0.05, 0) is 43.7 Å². The number of anilines is 1. The van der Waals surface area contributed by atoms with Gasteiger partial charge in [0, 0.05) is 17.9 Å². The van der Waals surface area contributed by atoms with E-state index in [1.807, 2.05) is 30.5 Å². The summed E-state index contributed by atoms with van der Waals surface area (Å²) < 4.78 is 2.12. The molecule has 0 radical (unpaired) electrons. The number of nitrogens with zero attached hydrogens (tertiary/aromatic N) is 4. The highest BCUT2D eigenvalue weighted by molar-refractivity contribution is 5.69. The molecule has 1 aliphatic heterocycles. The van der Waals surface area contributed by atoms with Gasteiger partial charge in [-0.25, -0.2) is 4.68 Å². The van der Waals surface area contributed by atoms with Crippen LogP contribution in [0.4, 0.5) is 5.69 Å². The second kappa shape index (κ2) is 11.0. The molecule has 2 aromatic rings. The first-order valence-corrected chi connectivity index (χ1v) is 11.2. The third-order valence-electron chi connectivity index (χ3n) is 5.89. The number of hydrogen-bond donors (Lipinski definition) is 1. The van der Waals surface area contributed by atoms with Gasteiger partial charge in [-0.1, -0.05) is 62.6 Å². The van der Waals surface area contributed by atoms with Crippen molar-refractivity contribution in [2.75, 3.05) is 11.4 Å². The van der Waals surface area contributed by atoms with Crippen LogP contribution in [-0.4, -0.2) is 32.6 Å². The van der Waals surface area contributed by atoms with Crippen molar-refractivity contribution in [3.05, 3.63) is 54.0 Å². The molecule has 162 valence electrons. The van der Waals surface area contributed by atoms with Gasteiger partial charge in [0.15, 0.2) is 0 Å². The van der Waals surface area contributed by atoms with E-state index in [-0.39, 0.29) is 12.5 Å². The molecule has 1 saturated heterocycles. The standard InChI is InChI=1S/C24H34N4O2/c1-3-4-9-19(2)16-23-17-25-26-28(23)22-13-8-12-21(14-15-24(29)30)27(18-22)20-10-6-5-7-11-20/h5-7,10-11,14,17,19,22H,3-4,8-9,12-13,15-16,18H2,1-2H3,(H,29,30)/b21-14+. The maximum absolute atomic E-state index is 11.2. The van der Waals surface area contributed by atoms with Crippen LogP contribution < -0.4 is 4.90 Å². The van der Waals surface area contributed by atoms with E-state index in [2.05, 4.69) is 45.9 Å². The Bertz CT molecular complexity index is 831. The molecule has 1 fully saturated rings. The molecule has 6 nitrogen and oxygen atoms in total. The first-order valence-electron chi connectivity index (χ1n) is 11.2. The van der Waals surface area contributed by atoms with E-state index in [0.29, 0.717) is 5.92 Å². The number of carbonyl (C=O) groups is 1. The highest BCUT2D eigenvalue weighted by Crippen LogP contribution is 2.32. The van der Waals surface area contributed by atoms with E-state index in [9.17, 15) is 4.79 Å². The van der Waals surface area contributed by atoms with Gasteiger partial charge in [-0.2, -0.15) is 0 Å². The summed E-state index contributed by atoms with van der Waals surface area (Å²) in [6.07, 6.45) is 11.4. The van der Waals surface area contributed by atoms with Gasteiger partial charge in [-0.3, -0.25) is 4.79 Å². The van der Waals surface area contributed by atoms with E-state index in [1.54, 1.807) is 0 Å². The molecular weight excluding hydrogens is 376 g/mol. The number of unbranched alkanes of at least 4 members (excludes halogenated alkanes) is 1. The molecule has 2 atom stereocenters. The summed E-state index contributed by atoms with van der Waals surface area (Å²) in [4.78, 5) is 13.4. The number of carboxylic acid groups (broad SMARTS) is 1. The fourth-order valence-electron chi connectivity index (χ4n) is 4.30. The molecule has 0 bridgehead atoms. The topological polar surface area (TPSA) is 71.2 Å². The molecule has 0 spiro atoms. The van der Waals surface area contributed by atoms with E-state index in [0.717, 1.165) is 43.6 Å². The van der Waals surface area contributed by atoms with Crippen molar-refractivity contribution in [2.45, 2.75) is 71.3 Å². The molecule has 2 heterocycles. The lowest BCUT2D eigenvalue weighted by Crippen LogP contribution is -2.30. The third kappa shape index (κ3) is 5.94. The minimum absolute atomic E-state index is 0.0485. The Morgan fingerprint density at radius 3 is 2.87 bits per heavy atom. The molecule has 3 rings (SSSR count). The molecule has 1 N–H and O–H groups in total. The molecule has 0 aliphatic carbocycles.